The molecule has 0 unspecified atom stereocenters. The van der Waals surface area contributed by atoms with Crippen LogP contribution in [0.4, 0.5) is 4.79 Å². The molecule has 5 rings (SSSR count). The van der Waals surface area contributed by atoms with Crippen molar-refractivity contribution in [2.24, 2.45) is 5.92 Å². The van der Waals surface area contributed by atoms with Crippen molar-refractivity contribution in [1.82, 2.24) is 19.8 Å². The zero-order valence-electron chi connectivity index (χ0n) is 18.5. The van der Waals surface area contributed by atoms with Crippen LogP contribution in [-0.2, 0) is 19.7 Å². The molecule has 1 N–H and O–H groups in total. The number of benzene rings is 2. The number of rotatable bonds is 7. The maximum Gasteiger partial charge on any atom is 0.317 e. The van der Waals surface area contributed by atoms with Gasteiger partial charge in [0, 0.05) is 24.5 Å². The second-order valence-corrected chi connectivity index (χ2v) is 9.43. The Morgan fingerprint density at radius 3 is 2.61 bits per heavy atom. The third kappa shape index (κ3) is 5.20. The molecule has 7 heteroatoms. The minimum atomic E-state index is 0.0341. The monoisotopic (exact) mass is 460 g/mol. The lowest BCUT2D eigenvalue weighted by Gasteiger charge is -2.32. The fourth-order valence-electron chi connectivity index (χ4n) is 4.37. The second kappa shape index (κ2) is 10.1. The van der Waals surface area contributed by atoms with Crippen LogP contribution in [-0.4, -0.2) is 33.6 Å². The van der Waals surface area contributed by atoms with Crippen molar-refractivity contribution < 1.29 is 9.53 Å². The van der Waals surface area contributed by atoms with E-state index in [4.69, 9.17) is 9.72 Å². The van der Waals surface area contributed by atoms with Gasteiger partial charge in [-0.15, -0.1) is 11.3 Å². The highest BCUT2D eigenvalue weighted by atomic mass is 32.1. The minimum Gasteiger partial charge on any atom is -0.486 e. The standard InChI is InChI=1S/C26H28N4O2S/c31-26(27-17-22-9-6-16-33-22)29-14-12-20(13-15-29)18-30-24-11-5-4-10-23(24)28-25(30)19-32-21-7-2-1-3-8-21/h1-11,16,20H,12-15,17-19H2,(H,27,31). The number of piperidine rings is 1. The number of aromatic nitrogens is 2. The third-order valence-electron chi connectivity index (χ3n) is 6.18. The number of hydrogen-bond acceptors (Lipinski definition) is 4. The number of urea groups is 1. The molecular weight excluding hydrogens is 432 g/mol. The summed E-state index contributed by atoms with van der Waals surface area (Å²) in [5.74, 6) is 2.29. The van der Waals surface area contributed by atoms with Crippen LogP contribution < -0.4 is 10.1 Å². The second-order valence-electron chi connectivity index (χ2n) is 8.40. The lowest BCUT2D eigenvalue weighted by molar-refractivity contribution is 0.164. The zero-order chi connectivity index (χ0) is 22.5. The summed E-state index contributed by atoms with van der Waals surface area (Å²) in [6, 6.07) is 22.2. The number of nitrogens with one attached hydrogen (secondary N) is 1. The molecule has 0 saturated carbocycles. The Morgan fingerprint density at radius 2 is 1.82 bits per heavy atom. The number of imidazole rings is 1. The van der Waals surface area contributed by atoms with Gasteiger partial charge in [-0.2, -0.15) is 0 Å². The van der Waals surface area contributed by atoms with Crippen LogP contribution in [0.3, 0.4) is 0 Å². The largest absolute Gasteiger partial charge is 0.486 e. The molecule has 1 aliphatic heterocycles. The van der Waals surface area contributed by atoms with Crippen molar-refractivity contribution in [3.05, 3.63) is 82.8 Å². The summed E-state index contributed by atoms with van der Waals surface area (Å²) in [6.45, 7) is 3.48. The molecule has 2 aromatic carbocycles. The first-order chi connectivity index (χ1) is 16.3. The minimum absolute atomic E-state index is 0.0341. The summed E-state index contributed by atoms with van der Waals surface area (Å²) in [5.41, 5.74) is 2.13. The van der Waals surface area contributed by atoms with Crippen LogP contribution in [0.15, 0.2) is 72.1 Å². The number of amides is 2. The molecule has 0 bridgehead atoms. The van der Waals surface area contributed by atoms with Gasteiger partial charge in [0.1, 0.15) is 18.2 Å². The van der Waals surface area contributed by atoms with Crippen LogP contribution in [0.1, 0.15) is 23.5 Å². The molecule has 1 aliphatic rings. The van der Waals surface area contributed by atoms with E-state index in [1.807, 2.05) is 58.8 Å². The number of carbonyl (C=O) groups excluding carboxylic acids is 1. The van der Waals surface area contributed by atoms with Gasteiger partial charge < -0.3 is 19.5 Å². The summed E-state index contributed by atoms with van der Waals surface area (Å²) in [6.07, 6.45) is 1.97. The number of hydrogen-bond donors (Lipinski definition) is 1. The van der Waals surface area contributed by atoms with Crippen molar-refractivity contribution in [2.75, 3.05) is 13.1 Å². The number of nitrogens with zero attached hydrogens (tertiary/aromatic N) is 3. The van der Waals surface area contributed by atoms with Crippen molar-refractivity contribution in [3.63, 3.8) is 0 Å². The smallest absolute Gasteiger partial charge is 0.317 e. The zero-order valence-corrected chi connectivity index (χ0v) is 19.3. The van der Waals surface area contributed by atoms with Gasteiger partial charge in [-0.1, -0.05) is 36.4 Å². The molecule has 4 aromatic rings. The van der Waals surface area contributed by atoms with Crippen molar-refractivity contribution in [1.29, 1.82) is 0 Å². The van der Waals surface area contributed by atoms with E-state index in [1.54, 1.807) is 11.3 Å². The number of likely N-dealkylation sites (tertiary alicyclic amines) is 1. The summed E-state index contributed by atoms with van der Waals surface area (Å²) in [7, 11) is 0. The average molecular weight is 461 g/mol. The first-order valence-corrected chi connectivity index (χ1v) is 12.3. The van der Waals surface area contributed by atoms with E-state index in [-0.39, 0.29) is 6.03 Å². The Balaban J connectivity index is 1.21. The predicted octanol–water partition coefficient (Wildman–Crippen LogP) is 5.30. The van der Waals surface area contributed by atoms with Crippen LogP contribution in [0.25, 0.3) is 11.0 Å². The molecule has 170 valence electrons. The van der Waals surface area contributed by atoms with E-state index in [1.165, 1.54) is 4.88 Å². The van der Waals surface area contributed by atoms with Crippen LogP contribution in [0.5, 0.6) is 5.75 Å². The Hall–Kier alpha value is -3.32. The van der Waals surface area contributed by atoms with Crippen molar-refractivity contribution in [3.8, 4) is 5.75 Å². The highest BCUT2D eigenvalue weighted by Crippen LogP contribution is 2.24. The van der Waals surface area contributed by atoms with Crippen LogP contribution in [0, 0.1) is 5.92 Å². The molecule has 0 spiro atoms. The average Bonchev–Trinajstić information content (AvgIpc) is 3.51. The van der Waals surface area contributed by atoms with Gasteiger partial charge in [0.25, 0.3) is 0 Å². The van der Waals surface area contributed by atoms with Gasteiger partial charge in [-0.3, -0.25) is 0 Å². The normalized spacial score (nSPS) is 14.5. The van der Waals surface area contributed by atoms with E-state index in [0.717, 1.165) is 55.1 Å². The van der Waals surface area contributed by atoms with Crippen molar-refractivity contribution in [2.45, 2.75) is 32.5 Å². The van der Waals surface area contributed by atoms with E-state index in [0.29, 0.717) is 19.1 Å². The molecule has 33 heavy (non-hydrogen) atoms. The Morgan fingerprint density at radius 1 is 1.03 bits per heavy atom. The van der Waals surface area contributed by atoms with Gasteiger partial charge in [-0.25, -0.2) is 9.78 Å². The summed E-state index contributed by atoms with van der Waals surface area (Å²) in [4.78, 5) is 20.5. The number of thiophene rings is 1. The van der Waals surface area contributed by atoms with Crippen LogP contribution >= 0.6 is 11.3 Å². The summed E-state index contributed by atoms with van der Waals surface area (Å²) < 4.78 is 8.31. The Kier molecular flexibility index (Phi) is 6.58. The maximum absolute atomic E-state index is 12.6. The molecule has 2 aromatic heterocycles. The summed E-state index contributed by atoms with van der Waals surface area (Å²) in [5, 5.41) is 5.08. The lowest BCUT2D eigenvalue weighted by atomic mass is 9.96. The molecule has 0 aliphatic carbocycles. The quantitative estimate of drug-likeness (QED) is 0.407. The molecule has 6 nitrogen and oxygen atoms in total. The Bertz CT molecular complexity index is 1180. The van der Waals surface area contributed by atoms with E-state index >= 15 is 0 Å². The van der Waals surface area contributed by atoms with Gasteiger partial charge in [0.05, 0.1) is 17.6 Å². The molecule has 1 saturated heterocycles. The van der Waals surface area contributed by atoms with E-state index in [9.17, 15) is 4.79 Å². The highest BCUT2D eigenvalue weighted by Gasteiger charge is 2.24. The van der Waals surface area contributed by atoms with E-state index in [2.05, 4.69) is 28.1 Å². The fourth-order valence-corrected chi connectivity index (χ4v) is 5.01. The van der Waals surface area contributed by atoms with Crippen molar-refractivity contribution >= 4 is 28.4 Å². The van der Waals surface area contributed by atoms with Gasteiger partial charge in [0.2, 0.25) is 0 Å². The third-order valence-corrected chi connectivity index (χ3v) is 7.06. The molecule has 2 amide bonds. The van der Waals surface area contributed by atoms with E-state index < -0.39 is 0 Å². The lowest BCUT2D eigenvalue weighted by Crippen LogP contribution is -2.44. The number of fused-ring (bicyclic) bond motifs is 1. The molecule has 1 fully saturated rings. The number of para-hydroxylation sites is 3. The highest BCUT2D eigenvalue weighted by molar-refractivity contribution is 7.09. The van der Waals surface area contributed by atoms with Crippen LogP contribution in [0.2, 0.25) is 0 Å². The first kappa shape index (κ1) is 21.5. The van der Waals surface area contributed by atoms with Gasteiger partial charge in [0.15, 0.2) is 0 Å². The summed E-state index contributed by atoms with van der Waals surface area (Å²) >= 11 is 1.67. The first-order valence-electron chi connectivity index (χ1n) is 11.4. The molecular formula is C26H28N4O2S. The molecule has 0 atom stereocenters. The topological polar surface area (TPSA) is 59.4 Å². The maximum atomic E-state index is 12.6. The Labute approximate surface area is 197 Å². The molecule has 3 heterocycles. The number of ether oxygens (including phenoxy) is 1. The number of carbonyl (C=O) groups is 1. The molecule has 0 radical (unpaired) electrons. The van der Waals surface area contributed by atoms with Gasteiger partial charge >= 0.3 is 6.03 Å². The fraction of sp³-hybridized carbons (Fsp3) is 0.308. The predicted molar refractivity (Wildman–Crippen MR) is 131 cm³/mol. The van der Waals surface area contributed by atoms with Gasteiger partial charge in [-0.05, 0) is 54.5 Å². The SMILES string of the molecule is O=C(NCc1cccs1)N1CCC(Cn2c(COc3ccccc3)nc3ccccc32)CC1.